The van der Waals surface area contributed by atoms with E-state index in [9.17, 15) is 0 Å². The van der Waals surface area contributed by atoms with Crippen LogP contribution in [0.25, 0.3) is 32.6 Å². The SMILES string of the molecule is CCC1(CC)C(COC(C)=CC(C)OC)c2cccc3c4ccccc4c4nc(C)c[n+]1c4c23. The summed E-state index contributed by atoms with van der Waals surface area (Å²) in [6.07, 6.45) is 6.37. The molecule has 0 amide bonds. The van der Waals surface area contributed by atoms with E-state index in [-0.39, 0.29) is 17.6 Å². The molecular weight excluding hydrogens is 420 g/mol. The third-order valence-corrected chi connectivity index (χ3v) is 7.92. The van der Waals surface area contributed by atoms with Crippen molar-refractivity contribution in [2.45, 2.75) is 65.0 Å². The van der Waals surface area contributed by atoms with Crippen molar-refractivity contribution in [1.82, 2.24) is 4.98 Å². The minimum atomic E-state index is -0.0944. The molecule has 5 rings (SSSR count). The largest absolute Gasteiger partial charge is 0.498 e. The fourth-order valence-electron chi connectivity index (χ4n) is 6.12. The van der Waals surface area contributed by atoms with E-state index in [4.69, 9.17) is 14.5 Å². The standard InChI is InChI=1S/C30H35N2O2/c1-7-30(8-2)26(18-34-21(5)16-20(4)33-6)25-15-11-14-23-22-12-9-10-13-24(22)28-29(27(23)25)32(30)17-19(3)31-28/h9-17,20,26H,7-8,18H2,1-6H3/q+1. The quantitative estimate of drug-likeness (QED) is 0.177. The van der Waals surface area contributed by atoms with Crippen LogP contribution in [0.4, 0.5) is 0 Å². The minimum Gasteiger partial charge on any atom is -0.498 e. The number of nitrogens with zero attached hydrogens (tertiary/aromatic N) is 2. The van der Waals surface area contributed by atoms with Crippen molar-refractivity contribution in [3.05, 3.63) is 71.8 Å². The van der Waals surface area contributed by atoms with E-state index >= 15 is 0 Å². The van der Waals surface area contributed by atoms with Crippen molar-refractivity contribution in [3.8, 4) is 0 Å². The second-order valence-electron chi connectivity index (χ2n) is 9.66. The lowest BCUT2D eigenvalue weighted by molar-refractivity contribution is -0.749. The van der Waals surface area contributed by atoms with Crippen LogP contribution >= 0.6 is 0 Å². The second-order valence-corrected chi connectivity index (χ2v) is 9.66. The van der Waals surface area contributed by atoms with Crippen LogP contribution in [0, 0.1) is 6.92 Å². The number of allylic oxidation sites excluding steroid dienone is 1. The van der Waals surface area contributed by atoms with E-state index in [1.807, 2.05) is 19.9 Å². The van der Waals surface area contributed by atoms with Crippen molar-refractivity contribution < 1.29 is 14.0 Å². The molecule has 0 bridgehead atoms. The van der Waals surface area contributed by atoms with Gasteiger partial charge in [-0.3, -0.25) is 0 Å². The van der Waals surface area contributed by atoms with Gasteiger partial charge in [-0.2, -0.15) is 4.57 Å². The molecule has 1 aliphatic heterocycles. The van der Waals surface area contributed by atoms with Gasteiger partial charge in [-0.05, 0) is 43.2 Å². The van der Waals surface area contributed by atoms with Gasteiger partial charge in [0.1, 0.15) is 17.8 Å². The number of rotatable bonds is 7. The first-order chi connectivity index (χ1) is 16.4. The maximum atomic E-state index is 6.42. The summed E-state index contributed by atoms with van der Waals surface area (Å²) in [6, 6.07) is 15.5. The van der Waals surface area contributed by atoms with Crippen molar-refractivity contribution >= 4 is 32.6 Å². The molecule has 176 valence electrons. The van der Waals surface area contributed by atoms with E-state index in [0.29, 0.717) is 6.61 Å². The number of fused-ring (bicyclic) bond motifs is 3. The molecule has 4 nitrogen and oxygen atoms in total. The van der Waals surface area contributed by atoms with Gasteiger partial charge in [0.05, 0.1) is 23.2 Å². The third kappa shape index (κ3) is 3.31. The van der Waals surface area contributed by atoms with Crippen molar-refractivity contribution in [2.75, 3.05) is 13.7 Å². The van der Waals surface area contributed by atoms with Crippen LogP contribution in [0.5, 0.6) is 0 Å². The first-order valence-electron chi connectivity index (χ1n) is 12.5. The number of methoxy groups -OCH3 is 1. The lowest BCUT2D eigenvalue weighted by atomic mass is 9.71. The maximum absolute atomic E-state index is 6.42. The lowest BCUT2D eigenvalue weighted by Crippen LogP contribution is -2.62. The highest BCUT2D eigenvalue weighted by Gasteiger charge is 2.51. The Bertz CT molecular complexity index is 1420. The summed E-state index contributed by atoms with van der Waals surface area (Å²) in [5.74, 6) is 1.13. The monoisotopic (exact) mass is 455 g/mol. The molecule has 0 fully saturated rings. The topological polar surface area (TPSA) is 35.2 Å². The van der Waals surface area contributed by atoms with E-state index in [1.54, 1.807) is 7.11 Å². The highest BCUT2D eigenvalue weighted by atomic mass is 16.5. The molecule has 0 aliphatic carbocycles. The average Bonchev–Trinajstić information content (AvgIpc) is 2.86. The number of hydrogen-bond acceptors (Lipinski definition) is 3. The summed E-state index contributed by atoms with van der Waals surface area (Å²) < 4.78 is 14.4. The highest BCUT2D eigenvalue weighted by Crippen LogP contribution is 2.47. The molecule has 4 heteroatoms. The Morgan fingerprint density at radius 3 is 2.50 bits per heavy atom. The Morgan fingerprint density at radius 2 is 1.79 bits per heavy atom. The Balaban J connectivity index is 1.83. The van der Waals surface area contributed by atoms with Crippen LogP contribution in [-0.4, -0.2) is 24.8 Å². The van der Waals surface area contributed by atoms with E-state index in [2.05, 4.69) is 74.0 Å². The fourth-order valence-corrected chi connectivity index (χ4v) is 6.12. The van der Waals surface area contributed by atoms with Gasteiger partial charge in [0.25, 0.3) is 0 Å². The number of hydrogen-bond donors (Lipinski definition) is 0. The van der Waals surface area contributed by atoms with E-state index < -0.39 is 0 Å². The molecule has 0 N–H and O–H groups in total. The zero-order valence-corrected chi connectivity index (χ0v) is 21.2. The number of aryl methyl sites for hydroxylation is 1. The molecule has 1 aromatic heterocycles. The van der Waals surface area contributed by atoms with Gasteiger partial charge in [-0.15, -0.1) is 0 Å². The predicted molar refractivity (Wildman–Crippen MR) is 139 cm³/mol. The van der Waals surface area contributed by atoms with Gasteiger partial charge in [0, 0.05) is 25.3 Å². The Kier molecular flexibility index (Phi) is 5.81. The van der Waals surface area contributed by atoms with Gasteiger partial charge in [0.2, 0.25) is 5.52 Å². The zero-order chi connectivity index (χ0) is 24.0. The van der Waals surface area contributed by atoms with Gasteiger partial charge in [-0.25, -0.2) is 4.98 Å². The fraction of sp³-hybridized carbons (Fsp3) is 0.400. The summed E-state index contributed by atoms with van der Waals surface area (Å²) in [5.41, 5.74) is 4.69. The molecule has 2 heterocycles. The second kappa shape index (κ2) is 8.66. The number of aromatic nitrogens is 2. The molecule has 0 saturated heterocycles. The van der Waals surface area contributed by atoms with Gasteiger partial charge in [0.15, 0.2) is 11.7 Å². The third-order valence-electron chi connectivity index (χ3n) is 7.92. The van der Waals surface area contributed by atoms with Crippen molar-refractivity contribution in [1.29, 1.82) is 0 Å². The van der Waals surface area contributed by atoms with Crippen molar-refractivity contribution in [2.24, 2.45) is 0 Å². The number of benzene rings is 3. The first kappa shape index (κ1) is 22.8. The predicted octanol–water partition coefficient (Wildman–Crippen LogP) is 6.70. The molecular formula is C30H35N2O2+. The Hall–Kier alpha value is -2.98. The molecule has 3 aromatic carbocycles. The zero-order valence-electron chi connectivity index (χ0n) is 21.2. The van der Waals surface area contributed by atoms with Gasteiger partial charge < -0.3 is 9.47 Å². The molecule has 34 heavy (non-hydrogen) atoms. The van der Waals surface area contributed by atoms with Gasteiger partial charge >= 0.3 is 0 Å². The van der Waals surface area contributed by atoms with Crippen LogP contribution in [0.2, 0.25) is 0 Å². The maximum Gasteiger partial charge on any atom is 0.240 e. The number of ether oxygens (including phenoxy) is 2. The minimum absolute atomic E-state index is 0.0285. The normalized spacial score (nSPS) is 18.2. The van der Waals surface area contributed by atoms with E-state index in [1.165, 1.54) is 32.6 Å². The summed E-state index contributed by atoms with van der Waals surface area (Å²) in [6.45, 7) is 11.4. The molecule has 0 spiro atoms. The van der Waals surface area contributed by atoms with Crippen LogP contribution < -0.4 is 4.57 Å². The highest BCUT2D eigenvalue weighted by molar-refractivity contribution is 6.23. The Labute approximate surface area is 202 Å². The molecule has 2 atom stereocenters. The molecule has 2 unspecified atom stereocenters. The van der Waals surface area contributed by atoms with Crippen molar-refractivity contribution in [3.63, 3.8) is 0 Å². The Morgan fingerprint density at radius 1 is 1.09 bits per heavy atom. The molecule has 4 aromatic rings. The summed E-state index contributed by atoms with van der Waals surface area (Å²) >= 11 is 0. The molecule has 0 radical (unpaired) electrons. The lowest BCUT2D eigenvalue weighted by Gasteiger charge is -2.39. The van der Waals surface area contributed by atoms with Crippen LogP contribution in [-0.2, 0) is 15.0 Å². The summed E-state index contributed by atoms with van der Waals surface area (Å²) in [5, 5.41) is 5.11. The smallest absolute Gasteiger partial charge is 0.240 e. The first-order valence-corrected chi connectivity index (χ1v) is 12.5. The van der Waals surface area contributed by atoms with Crippen LogP contribution in [0.3, 0.4) is 0 Å². The van der Waals surface area contributed by atoms with Gasteiger partial charge in [-0.1, -0.05) is 56.3 Å². The summed E-state index contributed by atoms with van der Waals surface area (Å²) in [7, 11) is 1.73. The van der Waals surface area contributed by atoms with Crippen LogP contribution in [0.1, 0.15) is 57.7 Å². The van der Waals surface area contributed by atoms with Crippen LogP contribution in [0.15, 0.2) is 60.5 Å². The van der Waals surface area contributed by atoms with E-state index in [0.717, 1.165) is 29.8 Å². The summed E-state index contributed by atoms with van der Waals surface area (Å²) in [4.78, 5) is 5.09. The molecule has 0 saturated carbocycles. The average molecular weight is 456 g/mol. The molecule has 1 aliphatic rings.